The first-order valence-corrected chi connectivity index (χ1v) is 9.15. The van der Waals surface area contributed by atoms with Gasteiger partial charge >= 0.3 is 6.03 Å². The number of para-hydroxylation sites is 1. The van der Waals surface area contributed by atoms with Crippen LogP contribution in [0.3, 0.4) is 0 Å². The van der Waals surface area contributed by atoms with Gasteiger partial charge in [0, 0.05) is 56.8 Å². The van der Waals surface area contributed by atoms with Crippen molar-refractivity contribution in [1.29, 1.82) is 0 Å². The number of hydrogen-bond donors (Lipinski definition) is 2. The van der Waals surface area contributed by atoms with E-state index in [1.54, 1.807) is 6.20 Å². The molecule has 4 rings (SSSR count). The minimum atomic E-state index is 0.00138. The summed E-state index contributed by atoms with van der Waals surface area (Å²) in [6.45, 7) is 2.10. The molecule has 0 bridgehead atoms. The summed E-state index contributed by atoms with van der Waals surface area (Å²) in [5.41, 5.74) is 2.14. The van der Waals surface area contributed by atoms with E-state index < -0.39 is 0 Å². The quantitative estimate of drug-likeness (QED) is 0.757. The van der Waals surface area contributed by atoms with Crippen LogP contribution in [0.5, 0.6) is 0 Å². The molecule has 2 N–H and O–H groups in total. The number of nitrogens with zero attached hydrogens (tertiary/aromatic N) is 4. The fourth-order valence-electron chi connectivity index (χ4n) is 3.76. The minimum Gasteiger partial charge on any atom is -0.348 e. The Bertz CT molecular complexity index is 885. The average molecular weight is 352 g/mol. The molecule has 0 aliphatic carbocycles. The van der Waals surface area contributed by atoms with Gasteiger partial charge in [-0.2, -0.15) is 5.10 Å². The lowest BCUT2D eigenvalue weighted by atomic mass is 9.98. The van der Waals surface area contributed by atoms with Gasteiger partial charge in [-0.15, -0.1) is 0 Å². The predicted octanol–water partition coefficient (Wildman–Crippen LogP) is 2.43. The molecular formula is C19H24N6O. The summed E-state index contributed by atoms with van der Waals surface area (Å²) >= 11 is 0. The Morgan fingerprint density at radius 1 is 1.38 bits per heavy atom. The highest BCUT2D eigenvalue weighted by atomic mass is 16.2. The summed E-state index contributed by atoms with van der Waals surface area (Å²) in [7, 11) is 1.95. The molecule has 2 amide bonds. The highest BCUT2D eigenvalue weighted by molar-refractivity contribution is 5.82. The van der Waals surface area contributed by atoms with Crippen LogP contribution in [-0.2, 0) is 13.5 Å². The monoisotopic (exact) mass is 352 g/mol. The molecule has 0 saturated carbocycles. The fraction of sp³-hybridized carbons (Fsp3) is 0.421. The van der Waals surface area contributed by atoms with E-state index in [2.05, 4.69) is 32.5 Å². The lowest BCUT2D eigenvalue weighted by molar-refractivity contribution is 0.178. The SMILES string of the molecule is Cn1nc(CCNC(=O)N2CCCC(c3ncc[nH]3)C2)c2ccccc21. The number of benzene rings is 1. The van der Waals surface area contributed by atoms with E-state index in [0.29, 0.717) is 19.0 Å². The predicted molar refractivity (Wildman–Crippen MR) is 100.0 cm³/mol. The molecule has 7 nitrogen and oxygen atoms in total. The van der Waals surface area contributed by atoms with Gasteiger partial charge in [0.15, 0.2) is 0 Å². The van der Waals surface area contributed by atoms with Crippen LogP contribution in [0.25, 0.3) is 10.9 Å². The topological polar surface area (TPSA) is 78.8 Å². The summed E-state index contributed by atoms with van der Waals surface area (Å²) in [5.74, 6) is 1.27. The van der Waals surface area contributed by atoms with Crippen LogP contribution in [0.15, 0.2) is 36.7 Å². The Labute approximate surface area is 152 Å². The first kappa shape index (κ1) is 16.6. The number of carbonyl (C=O) groups excluding carboxylic acids is 1. The number of fused-ring (bicyclic) bond motifs is 1. The summed E-state index contributed by atoms with van der Waals surface area (Å²) in [4.78, 5) is 21.9. The second-order valence-electron chi connectivity index (χ2n) is 6.83. The highest BCUT2D eigenvalue weighted by Gasteiger charge is 2.25. The van der Waals surface area contributed by atoms with Crippen molar-refractivity contribution in [2.24, 2.45) is 7.05 Å². The first-order valence-electron chi connectivity index (χ1n) is 9.15. The molecule has 3 aromatic rings. The van der Waals surface area contributed by atoms with Crippen LogP contribution in [0.1, 0.15) is 30.3 Å². The van der Waals surface area contributed by atoms with Gasteiger partial charge in [-0.3, -0.25) is 4.68 Å². The second-order valence-corrected chi connectivity index (χ2v) is 6.83. The third kappa shape index (κ3) is 3.29. The van der Waals surface area contributed by atoms with Crippen LogP contribution >= 0.6 is 0 Å². The van der Waals surface area contributed by atoms with Crippen molar-refractivity contribution in [2.45, 2.75) is 25.2 Å². The number of likely N-dealkylation sites (tertiary alicyclic amines) is 1. The number of hydrogen-bond acceptors (Lipinski definition) is 3. The molecule has 1 atom stereocenters. The summed E-state index contributed by atoms with van der Waals surface area (Å²) in [6, 6.07) is 8.18. The molecule has 1 aromatic carbocycles. The standard InChI is InChI=1S/C19H24N6O/c1-24-17-7-3-2-6-15(17)16(23-24)8-9-22-19(26)25-12-4-5-14(13-25)18-20-10-11-21-18/h2-3,6-7,10-11,14H,4-5,8-9,12-13H2,1H3,(H,20,21)(H,22,26). The molecule has 1 aliphatic heterocycles. The van der Waals surface area contributed by atoms with Gasteiger partial charge in [-0.25, -0.2) is 9.78 Å². The number of piperidine rings is 1. The number of H-pyrrole nitrogens is 1. The van der Waals surface area contributed by atoms with Crippen LogP contribution in [0.4, 0.5) is 4.79 Å². The lowest BCUT2D eigenvalue weighted by Gasteiger charge is -2.31. The van der Waals surface area contributed by atoms with E-state index in [-0.39, 0.29) is 6.03 Å². The van der Waals surface area contributed by atoms with Gasteiger partial charge in [0.2, 0.25) is 0 Å². The van der Waals surface area contributed by atoms with E-state index in [4.69, 9.17) is 0 Å². The van der Waals surface area contributed by atoms with E-state index in [0.717, 1.165) is 48.2 Å². The number of amides is 2. The molecule has 7 heteroatoms. The van der Waals surface area contributed by atoms with Gasteiger partial charge in [-0.1, -0.05) is 18.2 Å². The Morgan fingerprint density at radius 3 is 3.12 bits per heavy atom. The Balaban J connectivity index is 1.33. The normalized spacial score (nSPS) is 17.6. The van der Waals surface area contributed by atoms with Crippen molar-refractivity contribution >= 4 is 16.9 Å². The van der Waals surface area contributed by atoms with E-state index >= 15 is 0 Å². The van der Waals surface area contributed by atoms with Crippen molar-refractivity contribution < 1.29 is 4.79 Å². The molecule has 1 saturated heterocycles. The molecule has 3 heterocycles. The van der Waals surface area contributed by atoms with Gasteiger partial charge in [0.05, 0.1) is 11.2 Å². The molecule has 0 radical (unpaired) electrons. The van der Waals surface area contributed by atoms with Crippen LogP contribution in [-0.4, -0.2) is 50.3 Å². The number of urea groups is 1. The number of aryl methyl sites for hydroxylation is 1. The van der Waals surface area contributed by atoms with Gasteiger partial charge in [0.1, 0.15) is 5.82 Å². The maximum Gasteiger partial charge on any atom is 0.317 e. The zero-order valence-corrected chi connectivity index (χ0v) is 15.0. The van der Waals surface area contributed by atoms with E-state index in [1.807, 2.05) is 35.0 Å². The molecule has 0 spiro atoms. The van der Waals surface area contributed by atoms with Crippen LogP contribution < -0.4 is 5.32 Å². The van der Waals surface area contributed by atoms with Crippen molar-refractivity contribution in [3.8, 4) is 0 Å². The first-order chi connectivity index (χ1) is 12.7. The van der Waals surface area contributed by atoms with Crippen molar-refractivity contribution in [1.82, 2.24) is 30.0 Å². The zero-order valence-electron chi connectivity index (χ0n) is 15.0. The van der Waals surface area contributed by atoms with E-state index in [1.165, 1.54) is 0 Å². The summed E-state index contributed by atoms with van der Waals surface area (Å²) in [6.07, 6.45) is 6.40. The minimum absolute atomic E-state index is 0.00138. The average Bonchev–Trinajstić information content (AvgIpc) is 3.31. The maximum atomic E-state index is 12.5. The molecule has 26 heavy (non-hydrogen) atoms. The van der Waals surface area contributed by atoms with Gasteiger partial charge in [0.25, 0.3) is 0 Å². The van der Waals surface area contributed by atoms with Crippen molar-refractivity contribution in [3.05, 3.63) is 48.2 Å². The molecule has 2 aromatic heterocycles. The van der Waals surface area contributed by atoms with Crippen molar-refractivity contribution in [3.63, 3.8) is 0 Å². The van der Waals surface area contributed by atoms with Gasteiger partial charge in [-0.05, 0) is 18.9 Å². The number of aromatic nitrogens is 4. The van der Waals surface area contributed by atoms with Crippen LogP contribution in [0, 0.1) is 0 Å². The number of rotatable bonds is 4. The molecule has 1 fully saturated rings. The van der Waals surface area contributed by atoms with Gasteiger partial charge < -0.3 is 15.2 Å². The third-order valence-electron chi connectivity index (χ3n) is 5.09. The Hall–Kier alpha value is -2.83. The Morgan fingerprint density at radius 2 is 2.27 bits per heavy atom. The number of carbonyl (C=O) groups is 1. The number of aromatic amines is 1. The zero-order chi connectivity index (χ0) is 17.9. The second kappa shape index (κ2) is 7.19. The summed E-state index contributed by atoms with van der Waals surface area (Å²) in [5, 5.41) is 8.78. The molecule has 1 aliphatic rings. The van der Waals surface area contributed by atoms with Crippen LogP contribution in [0.2, 0.25) is 0 Å². The maximum absolute atomic E-state index is 12.5. The Kier molecular flexibility index (Phi) is 4.60. The van der Waals surface area contributed by atoms with Crippen molar-refractivity contribution in [2.75, 3.05) is 19.6 Å². The summed E-state index contributed by atoms with van der Waals surface area (Å²) < 4.78 is 1.89. The lowest BCUT2D eigenvalue weighted by Crippen LogP contribution is -2.45. The smallest absolute Gasteiger partial charge is 0.317 e. The van der Waals surface area contributed by atoms with E-state index in [9.17, 15) is 4.79 Å². The third-order valence-corrected chi connectivity index (χ3v) is 5.09. The number of imidazole rings is 1. The number of nitrogens with one attached hydrogen (secondary N) is 2. The molecular weight excluding hydrogens is 328 g/mol. The highest BCUT2D eigenvalue weighted by Crippen LogP contribution is 2.24. The molecule has 1 unspecified atom stereocenters. The molecule has 136 valence electrons. The largest absolute Gasteiger partial charge is 0.348 e. The fourth-order valence-corrected chi connectivity index (χ4v) is 3.76.